The van der Waals surface area contributed by atoms with Crippen molar-refractivity contribution in [2.45, 2.75) is 33.1 Å². The molecule has 0 spiro atoms. The Labute approximate surface area is 203 Å². The summed E-state index contributed by atoms with van der Waals surface area (Å²) in [5.74, 6) is 0.658. The lowest BCUT2D eigenvalue weighted by Gasteiger charge is -2.37. The van der Waals surface area contributed by atoms with Crippen LogP contribution in [0.4, 0.5) is 14.6 Å². The van der Waals surface area contributed by atoms with Crippen molar-refractivity contribution in [2.75, 3.05) is 31.1 Å². The van der Waals surface area contributed by atoms with Gasteiger partial charge < -0.3 is 9.80 Å². The first kappa shape index (κ1) is 24.1. The second-order valence-corrected chi connectivity index (χ2v) is 9.18. The molecule has 2 aromatic carbocycles. The van der Waals surface area contributed by atoms with Crippen molar-refractivity contribution in [1.29, 1.82) is 0 Å². The van der Waals surface area contributed by atoms with E-state index >= 15 is 0 Å². The van der Waals surface area contributed by atoms with Gasteiger partial charge in [0.05, 0.1) is 5.69 Å². The molecule has 0 atom stereocenters. The van der Waals surface area contributed by atoms with E-state index in [0.29, 0.717) is 48.2 Å². The van der Waals surface area contributed by atoms with Gasteiger partial charge in [0.1, 0.15) is 23.3 Å². The topological polar surface area (TPSA) is 49.3 Å². The quantitative estimate of drug-likeness (QED) is 0.487. The molecule has 0 aliphatic carbocycles. The highest BCUT2D eigenvalue weighted by molar-refractivity contribution is 6.31. The summed E-state index contributed by atoms with van der Waals surface area (Å²) >= 11 is 6.34. The second kappa shape index (κ2) is 10.1. The highest BCUT2D eigenvalue weighted by atomic mass is 35.5. The van der Waals surface area contributed by atoms with Crippen LogP contribution in [0.25, 0.3) is 0 Å². The summed E-state index contributed by atoms with van der Waals surface area (Å²) in [7, 11) is 0. The highest BCUT2D eigenvalue weighted by Gasteiger charge is 2.27. The van der Waals surface area contributed by atoms with Gasteiger partial charge in [-0.1, -0.05) is 31.5 Å². The van der Waals surface area contributed by atoms with Gasteiger partial charge in [-0.3, -0.25) is 4.79 Å². The number of aromatic nitrogens is 2. The van der Waals surface area contributed by atoms with Gasteiger partial charge in [-0.2, -0.15) is 0 Å². The molecule has 1 aromatic heterocycles. The Hall–Kier alpha value is -3.06. The average molecular weight is 485 g/mol. The molecular weight excluding hydrogens is 458 g/mol. The SMILES string of the molecule is Cc1nc(C(C)C)c(Cc2c(F)cccc2Cl)c(N2CCN(C(=O)c3ccc(F)cc3)CC2)n1. The lowest BCUT2D eigenvalue weighted by atomic mass is 9.97. The van der Waals surface area contributed by atoms with E-state index in [9.17, 15) is 13.6 Å². The molecule has 1 aliphatic rings. The van der Waals surface area contributed by atoms with Crippen molar-refractivity contribution in [3.8, 4) is 0 Å². The maximum Gasteiger partial charge on any atom is 0.253 e. The number of hydrogen-bond donors (Lipinski definition) is 0. The first-order chi connectivity index (χ1) is 16.2. The van der Waals surface area contributed by atoms with E-state index in [4.69, 9.17) is 16.6 Å². The first-order valence-electron chi connectivity index (χ1n) is 11.3. The summed E-state index contributed by atoms with van der Waals surface area (Å²) in [4.78, 5) is 26.1. The Morgan fingerprint density at radius 2 is 1.68 bits per heavy atom. The van der Waals surface area contributed by atoms with Gasteiger partial charge in [0.15, 0.2) is 0 Å². The molecule has 1 aliphatic heterocycles. The smallest absolute Gasteiger partial charge is 0.253 e. The van der Waals surface area contributed by atoms with Crippen molar-refractivity contribution in [3.05, 3.63) is 87.3 Å². The van der Waals surface area contributed by atoms with Gasteiger partial charge in [0.2, 0.25) is 0 Å². The van der Waals surface area contributed by atoms with Crippen LogP contribution in [0.2, 0.25) is 5.02 Å². The summed E-state index contributed by atoms with van der Waals surface area (Å²) in [6.45, 7) is 8.09. The Kier molecular flexibility index (Phi) is 7.12. The van der Waals surface area contributed by atoms with Crippen molar-refractivity contribution in [1.82, 2.24) is 14.9 Å². The molecule has 8 heteroatoms. The van der Waals surface area contributed by atoms with Crippen LogP contribution in [0.3, 0.4) is 0 Å². The Morgan fingerprint density at radius 1 is 1.00 bits per heavy atom. The van der Waals surface area contributed by atoms with E-state index in [2.05, 4.69) is 23.7 Å². The Bertz CT molecular complexity index is 1170. The molecule has 178 valence electrons. The minimum Gasteiger partial charge on any atom is -0.353 e. The molecule has 4 rings (SSSR count). The minimum absolute atomic E-state index is 0.113. The van der Waals surface area contributed by atoms with Gasteiger partial charge in [0, 0.05) is 54.3 Å². The summed E-state index contributed by atoms with van der Waals surface area (Å²) < 4.78 is 27.9. The lowest BCUT2D eigenvalue weighted by Crippen LogP contribution is -2.49. The fourth-order valence-corrected chi connectivity index (χ4v) is 4.52. The summed E-state index contributed by atoms with van der Waals surface area (Å²) in [5.41, 5.74) is 2.60. The van der Waals surface area contributed by atoms with Gasteiger partial charge in [-0.25, -0.2) is 18.7 Å². The maximum absolute atomic E-state index is 14.6. The van der Waals surface area contributed by atoms with E-state index in [-0.39, 0.29) is 29.9 Å². The van der Waals surface area contributed by atoms with Gasteiger partial charge in [-0.05, 0) is 49.2 Å². The number of hydrogen-bond acceptors (Lipinski definition) is 4. The summed E-state index contributed by atoms with van der Waals surface area (Å²) in [6.07, 6.45) is 0.281. The third-order valence-electron chi connectivity index (χ3n) is 6.05. The van der Waals surface area contributed by atoms with Gasteiger partial charge in [-0.15, -0.1) is 0 Å². The van der Waals surface area contributed by atoms with Crippen LogP contribution in [-0.4, -0.2) is 47.0 Å². The number of amides is 1. The Balaban J connectivity index is 1.62. The third kappa shape index (κ3) is 5.04. The number of rotatable bonds is 5. The fraction of sp³-hybridized carbons (Fsp3) is 0.346. The van der Waals surface area contributed by atoms with E-state index in [1.807, 2.05) is 6.92 Å². The molecule has 0 saturated carbocycles. The molecular formula is C26H27ClF2N4O. The van der Waals surface area contributed by atoms with Gasteiger partial charge in [0.25, 0.3) is 5.91 Å². The molecule has 0 radical (unpaired) electrons. The number of carbonyl (C=O) groups excluding carboxylic acids is 1. The number of benzene rings is 2. The lowest BCUT2D eigenvalue weighted by molar-refractivity contribution is 0.0746. The van der Waals surface area contributed by atoms with Crippen molar-refractivity contribution in [2.24, 2.45) is 0 Å². The number of nitrogens with zero attached hydrogens (tertiary/aromatic N) is 4. The largest absolute Gasteiger partial charge is 0.353 e. The molecule has 0 bridgehead atoms. The monoisotopic (exact) mass is 484 g/mol. The molecule has 34 heavy (non-hydrogen) atoms. The van der Waals surface area contributed by atoms with Crippen molar-refractivity contribution < 1.29 is 13.6 Å². The molecule has 5 nitrogen and oxygen atoms in total. The molecule has 1 fully saturated rings. The zero-order valence-corrected chi connectivity index (χ0v) is 20.2. The molecule has 3 aromatic rings. The van der Waals surface area contributed by atoms with Gasteiger partial charge >= 0.3 is 0 Å². The van der Waals surface area contributed by atoms with E-state index < -0.39 is 0 Å². The molecule has 2 heterocycles. The molecule has 1 saturated heterocycles. The number of aryl methyl sites for hydroxylation is 1. The standard InChI is InChI=1S/C26H27ClF2N4O/c1-16(2)24-21(15-20-22(27)5-4-6-23(20)29)25(31-17(3)30-24)32-11-13-33(14-12-32)26(34)18-7-9-19(28)10-8-18/h4-10,16H,11-15H2,1-3H3. The van der Waals surface area contributed by atoms with Crippen molar-refractivity contribution in [3.63, 3.8) is 0 Å². The maximum atomic E-state index is 14.6. The zero-order valence-electron chi connectivity index (χ0n) is 19.5. The van der Waals surface area contributed by atoms with Crippen LogP contribution in [0.15, 0.2) is 42.5 Å². The molecule has 0 unspecified atom stereocenters. The predicted molar refractivity (Wildman–Crippen MR) is 130 cm³/mol. The zero-order chi connectivity index (χ0) is 24.4. The number of anilines is 1. The number of halogens is 3. The van der Waals surface area contributed by atoms with Crippen LogP contribution >= 0.6 is 11.6 Å². The third-order valence-corrected chi connectivity index (χ3v) is 6.40. The van der Waals surface area contributed by atoms with Crippen LogP contribution in [0.5, 0.6) is 0 Å². The number of carbonyl (C=O) groups is 1. The predicted octanol–water partition coefficient (Wildman–Crippen LogP) is 5.39. The normalized spacial score (nSPS) is 14.1. The van der Waals surface area contributed by atoms with Crippen LogP contribution in [0, 0.1) is 18.6 Å². The highest BCUT2D eigenvalue weighted by Crippen LogP contribution is 2.32. The van der Waals surface area contributed by atoms with Crippen LogP contribution < -0.4 is 4.90 Å². The van der Waals surface area contributed by atoms with E-state index in [1.54, 1.807) is 17.0 Å². The second-order valence-electron chi connectivity index (χ2n) is 8.78. The Morgan fingerprint density at radius 3 is 2.29 bits per heavy atom. The molecule has 1 amide bonds. The summed E-state index contributed by atoms with van der Waals surface area (Å²) in [6, 6.07) is 10.3. The number of piperazine rings is 1. The summed E-state index contributed by atoms with van der Waals surface area (Å²) in [5, 5.41) is 0.371. The first-order valence-corrected chi connectivity index (χ1v) is 11.7. The van der Waals surface area contributed by atoms with Crippen molar-refractivity contribution >= 4 is 23.3 Å². The fourth-order valence-electron chi connectivity index (χ4n) is 4.29. The van der Waals surface area contributed by atoms with Crippen LogP contribution in [-0.2, 0) is 6.42 Å². The van der Waals surface area contributed by atoms with E-state index in [1.165, 1.54) is 30.3 Å². The van der Waals surface area contributed by atoms with Crippen LogP contribution in [0.1, 0.15) is 52.8 Å². The minimum atomic E-state index is -0.371. The average Bonchev–Trinajstić information content (AvgIpc) is 2.82. The molecule has 0 N–H and O–H groups in total. The van der Waals surface area contributed by atoms with E-state index in [0.717, 1.165) is 17.1 Å².